The van der Waals surface area contributed by atoms with E-state index in [4.69, 9.17) is 9.47 Å². The van der Waals surface area contributed by atoms with Crippen molar-refractivity contribution in [1.82, 2.24) is 10.6 Å². The number of methoxy groups -OCH3 is 1. The number of carbonyl (C=O) groups is 3. The molecule has 144 valence electrons. The summed E-state index contributed by atoms with van der Waals surface area (Å²) in [4.78, 5) is 35.6. The predicted octanol–water partition coefficient (Wildman–Crippen LogP) is 0.260. The van der Waals surface area contributed by atoms with Gasteiger partial charge in [0.1, 0.15) is 6.10 Å². The van der Waals surface area contributed by atoms with Crippen molar-refractivity contribution in [2.24, 2.45) is 5.41 Å². The normalized spacial score (nSPS) is 25.1. The Morgan fingerprint density at radius 1 is 1.20 bits per heavy atom. The third kappa shape index (κ3) is 6.83. The fourth-order valence-electron chi connectivity index (χ4n) is 2.37. The van der Waals surface area contributed by atoms with Gasteiger partial charge in [0.2, 0.25) is 11.8 Å². The van der Waals surface area contributed by atoms with E-state index in [1.54, 1.807) is 6.92 Å². The average Bonchev–Trinajstić information content (AvgIpc) is 2.55. The van der Waals surface area contributed by atoms with Crippen LogP contribution in [0.5, 0.6) is 0 Å². The molecular weight excluding hydrogens is 348 g/mol. The Hall–Kier alpha value is -1.32. The molecule has 1 unspecified atom stereocenters. The molecule has 8 nitrogen and oxygen atoms in total. The summed E-state index contributed by atoms with van der Waals surface area (Å²) >= 11 is 4.01. The molecule has 25 heavy (non-hydrogen) atoms. The molecule has 1 rings (SSSR count). The standard InChI is InChI=1S/C16H28N2O6S/c1-15(2)10-23-16(3,9-12(20)22-4)24-13(15)14(21)18-6-5-11(19)17-7-8-25/h13,25H,5-10H2,1-4H3,(H,17,19)(H,18,21)/t13-,16?/m0/s1. The Morgan fingerprint density at radius 2 is 1.88 bits per heavy atom. The van der Waals surface area contributed by atoms with Crippen molar-refractivity contribution in [2.75, 3.05) is 32.6 Å². The third-order valence-corrected chi connectivity index (χ3v) is 4.07. The SMILES string of the molecule is COC(=O)CC1(C)OCC(C)(C)[C@H](C(=O)NCCC(=O)NCCS)O1. The zero-order valence-corrected chi connectivity index (χ0v) is 16.1. The molecule has 1 fully saturated rings. The van der Waals surface area contributed by atoms with Gasteiger partial charge in [-0.2, -0.15) is 12.6 Å². The maximum atomic E-state index is 12.5. The van der Waals surface area contributed by atoms with Crippen LogP contribution in [-0.4, -0.2) is 62.2 Å². The molecule has 0 aromatic heterocycles. The van der Waals surface area contributed by atoms with Gasteiger partial charge in [-0.3, -0.25) is 14.4 Å². The number of thiol groups is 1. The van der Waals surface area contributed by atoms with Gasteiger partial charge >= 0.3 is 5.97 Å². The maximum Gasteiger partial charge on any atom is 0.310 e. The van der Waals surface area contributed by atoms with Crippen molar-refractivity contribution in [3.8, 4) is 0 Å². The summed E-state index contributed by atoms with van der Waals surface area (Å²) in [7, 11) is 1.28. The Morgan fingerprint density at radius 3 is 2.48 bits per heavy atom. The number of ether oxygens (including phenoxy) is 3. The van der Waals surface area contributed by atoms with E-state index in [1.165, 1.54) is 7.11 Å². The van der Waals surface area contributed by atoms with Crippen LogP contribution in [0.15, 0.2) is 0 Å². The van der Waals surface area contributed by atoms with E-state index >= 15 is 0 Å². The lowest BCUT2D eigenvalue weighted by molar-refractivity contribution is -0.313. The number of carbonyl (C=O) groups excluding carboxylic acids is 3. The summed E-state index contributed by atoms with van der Waals surface area (Å²) in [6.45, 7) is 6.22. The molecule has 2 amide bonds. The molecule has 0 aliphatic carbocycles. The lowest BCUT2D eigenvalue weighted by Gasteiger charge is -2.45. The second-order valence-corrected chi connectivity index (χ2v) is 7.22. The minimum Gasteiger partial charge on any atom is -0.469 e. The Bertz CT molecular complexity index is 499. The van der Waals surface area contributed by atoms with Gasteiger partial charge in [-0.05, 0) is 6.92 Å². The third-order valence-electron chi connectivity index (χ3n) is 3.84. The van der Waals surface area contributed by atoms with Gasteiger partial charge in [0.15, 0.2) is 5.79 Å². The van der Waals surface area contributed by atoms with Crippen LogP contribution in [0.4, 0.5) is 0 Å². The van der Waals surface area contributed by atoms with E-state index in [0.717, 1.165) is 0 Å². The van der Waals surface area contributed by atoms with E-state index in [2.05, 4.69) is 28.0 Å². The molecule has 0 bridgehead atoms. The highest BCUT2D eigenvalue weighted by atomic mass is 32.1. The van der Waals surface area contributed by atoms with E-state index in [0.29, 0.717) is 12.3 Å². The van der Waals surface area contributed by atoms with Gasteiger partial charge in [-0.25, -0.2) is 0 Å². The average molecular weight is 376 g/mol. The number of esters is 1. The number of rotatable bonds is 8. The Kier molecular flexibility index (Phi) is 8.17. The fourth-order valence-corrected chi connectivity index (χ4v) is 2.48. The lowest BCUT2D eigenvalue weighted by atomic mass is 9.85. The van der Waals surface area contributed by atoms with Gasteiger partial charge in [0.25, 0.3) is 0 Å². The number of hydrogen-bond acceptors (Lipinski definition) is 7. The predicted molar refractivity (Wildman–Crippen MR) is 94.1 cm³/mol. The van der Waals surface area contributed by atoms with Gasteiger partial charge in [-0.15, -0.1) is 0 Å². The van der Waals surface area contributed by atoms with Crippen LogP contribution >= 0.6 is 12.6 Å². The van der Waals surface area contributed by atoms with Crippen LogP contribution in [0, 0.1) is 5.41 Å². The summed E-state index contributed by atoms with van der Waals surface area (Å²) in [5.74, 6) is -1.65. The van der Waals surface area contributed by atoms with Crippen LogP contribution in [0.3, 0.4) is 0 Å². The largest absolute Gasteiger partial charge is 0.469 e. The molecule has 1 aliphatic rings. The van der Waals surface area contributed by atoms with E-state index in [-0.39, 0.29) is 37.8 Å². The highest BCUT2D eigenvalue weighted by molar-refractivity contribution is 7.80. The monoisotopic (exact) mass is 376 g/mol. The first-order chi connectivity index (χ1) is 11.6. The van der Waals surface area contributed by atoms with Crippen molar-refractivity contribution in [1.29, 1.82) is 0 Å². The van der Waals surface area contributed by atoms with Crippen LogP contribution in [0.2, 0.25) is 0 Å². The van der Waals surface area contributed by atoms with Crippen LogP contribution in [0.1, 0.15) is 33.6 Å². The van der Waals surface area contributed by atoms with Crippen molar-refractivity contribution >= 4 is 30.4 Å². The molecule has 0 radical (unpaired) electrons. The minimum absolute atomic E-state index is 0.116. The van der Waals surface area contributed by atoms with Crippen LogP contribution in [0.25, 0.3) is 0 Å². The highest BCUT2D eigenvalue weighted by Gasteiger charge is 2.48. The van der Waals surface area contributed by atoms with E-state index in [1.807, 2.05) is 13.8 Å². The van der Waals surface area contributed by atoms with Gasteiger partial charge in [0.05, 0.1) is 20.1 Å². The molecule has 0 aromatic rings. The van der Waals surface area contributed by atoms with Crippen molar-refractivity contribution < 1.29 is 28.6 Å². The van der Waals surface area contributed by atoms with Gasteiger partial charge in [0, 0.05) is 30.7 Å². The molecule has 0 spiro atoms. The number of amides is 2. The van der Waals surface area contributed by atoms with Crippen molar-refractivity contribution in [2.45, 2.75) is 45.5 Å². The molecule has 1 aliphatic heterocycles. The van der Waals surface area contributed by atoms with Crippen LogP contribution < -0.4 is 10.6 Å². The fraction of sp³-hybridized carbons (Fsp3) is 0.812. The molecule has 9 heteroatoms. The topological polar surface area (TPSA) is 103 Å². The van der Waals surface area contributed by atoms with Gasteiger partial charge < -0.3 is 24.8 Å². The molecule has 2 N–H and O–H groups in total. The van der Waals surface area contributed by atoms with Crippen molar-refractivity contribution in [3.05, 3.63) is 0 Å². The number of nitrogens with one attached hydrogen (secondary N) is 2. The molecule has 0 aromatic carbocycles. The van der Waals surface area contributed by atoms with E-state index in [9.17, 15) is 14.4 Å². The van der Waals surface area contributed by atoms with Crippen molar-refractivity contribution in [3.63, 3.8) is 0 Å². The molecule has 0 saturated carbocycles. The molecule has 1 heterocycles. The summed E-state index contributed by atoms with van der Waals surface area (Å²) < 4.78 is 16.1. The van der Waals surface area contributed by atoms with Gasteiger partial charge in [-0.1, -0.05) is 13.8 Å². The summed E-state index contributed by atoms with van der Waals surface area (Å²) in [5.41, 5.74) is -0.575. The number of hydrogen-bond donors (Lipinski definition) is 3. The first-order valence-electron chi connectivity index (χ1n) is 8.17. The first-order valence-corrected chi connectivity index (χ1v) is 8.80. The van der Waals surface area contributed by atoms with E-state index < -0.39 is 23.3 Å². The summed E-state index contributed by atoms with van der Waals surface area (Å²) in [6.07, 6.45) is -0.755. The minimum atomic E-state index is -1.23. The summed E-state index contributed by atoms with van der Waals surface area (Å²) in [5, 5.41) is 5.38. The second-order valence-electron chi connectivity index (χ2n) is 6.78. The smallest absolute Gasteiger partial charge is 0.310 e. The lowest BCUT2D eigenvalue weighted by Crippen LogP contribution is -2.58. The zero-order chi connectivity index (χ0) is 19.1. The molecule has 1 saturated heterocycles. The maximum absolute atomic E-state index is 12.5. The quantitative estimate of drug-likeness (QED) is 0.415. The molecule has 2 atom stereocenters. The first kappa shape index (κ1) is 21.7. The molecular formula is C16H28N2O6S. The second kappa shape index (κ2) is 9.40. The van der Waals surface area contributed by atoms with Crippen LogP contribution in [-0.2, 0) is 28.6 Å². The Balaban J connectivity index is 2.60. The Labute approximate surface area is 153 Å². The highest BCUT2D eigenvalue weighted by Crippen LogP contribution is 2.36. The zero-order valence-electron chi connectivity index (χ0n) is 15.2. The summed E-state index contributed by atoms with van der Waals surface area (Å²) in [6, 6.07) is 0.